The molecule has 0 aliphatic rings. The minimum Gasteiger partial charge on any atom is -0.398 e. The number of rotatable bonds is 1. The molecule has 2 N–H and O–H groups in total. The molecule has 0 aromatic heterocycles. The molecule has 0 aliphatic carbocycles. The highest BCUT2D eigenvalue weighted by Crippen LogP contribution is 2.20. The molecule has 0 heterocycles. The molecule has 0 amide bonds. The van der Waals surface area contributed by atoms with Crippen LogP contribution in [0, 0.1) is 5.41 Å². The van der Waals surface area contributed by atoms with Gasteiger partial charge in [-0.1, -0.05) is 57.2 Å². The molecule has 0 bridgehead atoms. The zero-order chi connectivity index (χ0) is 9.90. The molecule has 0 unspecified atom stereocenters. The van der Waals surface area contributed by atoms with Gasteiger partial charge in [-0.25, -0.2) is 0 Å². The Morgan fingerprint density at radius 3 is 2.15 bits per heavy atom. The summed E-state index contributed by atoms with van der Waals surface area (Å²) in [6.07, 6.45) is 2.09. The van der Waals surface area contributed by atoms with Crippen LogP contribution < -0.4 is 5.73 Å². The fourth-order valence-electron chi connectivity index (χ4n) is 1.18. The summed E-state index contributed by atoms with van der Waals surface area (Å²) in [6, 6.07) is 10.0. The maximum absolute atomic E-state index is 5.94. The smallest absolute Gasteiger partial charge is 0.0352 e. The Morgan fingerprint density at radius 2 is 1.69 bits per heavy atom. The first kappa shape index (κ1) is 9.85. The van der Waals surface area contributed by atoms with E-state index >= 15 is 0 Å². The maximum Gasteiger partial charge on any atom is 0.0352 e. The summed E-state index contributed by atoms with van der Waals surface area (Å²) in [6.45, 7) is 6.42. The van der Waals surface area contributed by atoms with E-state index in [1.807, 2.05) is 30.3 Å². The first-order chi connectivity index (χ1) is 5.99. The van der Waals surface area contributed by atoms with Crippen molar-refractivity contribution in [1.82, 2.24) is 0 Å². The van der Waals surface area contributed by atoms with Crippen molar-refractivity contribution in [1.29, 1.82) is 0 Å². The van der Waals surface area contributed by atoms with Crippen LogP contribution in [-0.4, -0.2) is 0 Å². The SMILES string of the molecule is CC(C)(C)C=C(N)c1ccccc1. The van der Waals surface area contributed by atoms with Gasteiger partial charge in [0.2, 0.25) is 0 Å². The molecule has 70 valence electrons. The molecular weight excluding hydrogens is 158 g/mol. The molecule has 0 saturated heterocycles. The molecule has 0 radical (unpaired) electrons. The monoisotopic (exact) mass is 175 g/mol. The van der Waals surface area contributed by atoms with Crippen LogP contribution in [0.1, 0.15) is 26.3 Å². The van der Waals surface area contributed by atoms with Crippen LogP contribution in [0.5, 0.6) is 0 Å². The standard InChI is InChI=1S/C12H17N/c1-12(2,3)9-11(13)10-7-5-4-6-8-10/h4-9H,13H2,1-3H3. The number of nitrogens with two attached hydrogens (primary N) is 1. The highest BCUT2D eigenvalue weighted by Gasteiger charge is 2.07. The predicted molar refractivity (Wildman–Crippen MR) is 58.1 cm³/mol. The summed E-state index contributed by atoms with van der Waals surface area (Å²) in [4.78, 5) is 0. The molecule has 13 heavy (non-hydrogen) atoms. The van der Waals surface area contributed by atoms with E-state index in [0.717, 1.165) is 11.3 Å². The van der Waals surface area contributed by atoms with Gasteiger partial charge in [0.1, 0.15) is 0 Å². The second-order valence-corrected chi connectivity index (χ2v) is 4.33. The number of hydrogen-bond acceptors (Lipinski definition) is 1. The lowest BCUT2D eigenvalue weighted by Crippen LogP contribution is -2.05. The van der Waals surface area contributed by atoms with E-state index in [-0.39, 0.29) is 5.41 Å². The summed E-state index contributed by atoms with van der Waals surface area (Å²) >= 11 is 0. The first-order valence-corrected chi connectivity index (χ1v) is 4.53. The average Bonchev–Trinajstić information content (AvgIpc) is 2.03. The fourth-order valence-corrected chi connectivity index (χ4v) is 1.18. The number of allylic oxidation sites excluding steroid dienone is 1. The summed E-state index contributed by atoms with van der Waals surface area (Å²) in [5, 5.41) is 0. The Morgan fingerprint density at radius 1 is 1.15 bits per heavy atom. The first-order valence-electron chi connectivity index (χ1n) is 4.53. The third kappa shape index (κ3) is 3.32. The minimum absolute atomic E-state index is 0.139. The normalized spacial score (nSPS) is 13.0. The Balaban J connectivity index is 2.92. The van der Waals surface area contributed by atoms with Crippen molar-refractivity contribution < 1.29 is 0 Å². The van der Waals surface area contributed by atoms with E-state index in [2.05, 4.69) is 26.8 Å². The van der Waals surface area contributed by atoms with Gasteiger partial charge >= 0.3 is 0 Å². The highest BCUT2D eigenvalue weighted by molar-refractivity contribution is 5.62. The van der Waals surface area contributed by atoms with Gasteiger partial charge in [0.15, 0.2) is 0 Å². The lowest BCUT2D eigenvalue weighted by atomic mass is 9.94. The molecule has 0 saturated carbocycles. The molecule has 1 nitrogen and oxygen atoms in total. The second-order valence-electron chi connectivity index (χ2n) is 4.33. The van der Waals surface area contributed by atoms with Crippen molar-refractivity contribution in [3.05, 3.63) is 42.0 Å². The Kier molecular flexibility index (Phi) is 2.76. The minimum atomic E-state index is 0.139. The molecular formula is C12H17N. The third-order valence-electron chi connectivity index (χ3n) is 1.70. The van der Waals surface area contributed by atoms with E-state index in [1.54, 1.807) is 0 Å². The molecule has 1 aromatic carbocycles. The second kappa shape index (κ2) is 3.65. The predicted octanol–water partition coefficient (Wildman–Crippen LogP) is 3.03. The van der Waals surface area contributed by atoms with E-state index < -0.39 is 0 Å². The molecule has 1 rings (SSSR count). The summed E-state index contributed by atoms with van der Waals surface area (Å²) in [7, 11) is 0. The van der Waals surface area contributed by atoms with E-state index in [0.29, 0.717) is 0 Å². The summed E-state index contributed by atoms with van der Waals surface area (Å²) in [5.41, 5.74) is 8.03. The maximum atomic E-state index is 5.94. The largest absolute Gasteiger partial charge is 0.398 e. The van der Waals surface area contributed by atoms with E-state index in [4.69, 9.17) is 5.73 Å². The molecule has 0 aliphatic heterocycles. The van der Waals surface area contributed by atoms with Gasteiger partial charge in [-0.2, -0.15) is 0 Å². The quantitative estimate of drug-likeness (QED) is 0.697. The van der Waals surface area contributed by atoms with Crippen molar-refractivity contribution in [3.63, 3.8) is 0 Å². The van der Waals surface area contributed by atoms with Crippen LogP contribution in [0.4, 0.5) is 0 Å². The van der Waals surface area contributed by atoms with Gasteiger partial charge in [-0.05, 0) is 11.0 Å². The Bertz CT molecular complexity index is 291. The van der Waals surface area contributed by atoms with Crippen LogP contribution in [0.3, 0.4) is 0 Å². The van der Waals surface area contributed by atoms with Crippen molar-refractivity contribution in [2.24, 2.45) is 11.1 Å². The van der Waals surface area contributed by atoms with Crippen LogP contribution in [0.25, 0.3) is 5.70 Å². The fraction of sp³-hybridized carbons (Fsp3) is 0.333. The lowest BCUT2D eigenvalue weighted by Gasteiger charge is -2.13. The van der Waals surface area contributed by atoms with Gasteiger partial charge in [-0.3, -0.25) is 0 Å². The van der Waals surface area contributed by atoms with Crippen molar-refractivity contribution in [2.45, 2.75) is 20.8 Å². The molecule has 0 fully saturated rings. The van der Waals surface area contributed by atoms with Crippen LogP contribution in [-0.2, 0) is 0 Å². The van der Waals surface area contributed by atoms with Crippen LogP contribution in [0.2, 0.25) is 0 Å². The van der Waals surface area contributed by atoms with Gasteiger partial charge in [-0.15, -0.1) is 0 Å². The van der Waals surface area contributed by atoms with Gasteiger partial charge in [0, 0.05) is 5.70 Å². The number of benzene rings is 1. The molecule has 0 atom stereocenters. The van der Waals surface area contributed by atoms with Gasteiger partial charge in [0.05, 0.1) is 0 Å². The molecule has 1 aromatic rings. The average molecular weight is 175 g/mol. The zero-order valence-electron chi connectivity index (χ0n) is 8.54. The highest BCUT2D eigenvalue weighted by atomic mass is 14.6. The Labute approximate surface area is 80.3 Å². The van der Waals surface area contributed by atoms with E-state index in [9.17, 15) is 0 Å². The third-order valence-corrected chi connectivity index (χ3v) is 1.70. The molecule has 1 heteroatoms. The van der Waals surface area contributed by atoms with Gasteiger partial charge < -0.3 is 5.73 Å². The van der Waals surface area contributed by atoms with Crippen molar-refractivity contribution >= 4 is 5.70 Å². The van der Waals surface area contributed by atoms with Crippen molar-refractivity contribution in [3.8, 4) is 0 Å². The van der Waals surface area contributed by atoms with Gasteiger partial charge in [0.25, 0.3) is 0 Å². The van der Waals surface area contributed by atoms with Crippen molar-refractivity contribution in [2.75, 3.05) is 0 Å². The Hall–Kier alpha value is -1.24. The summed E-state index contributed by atoms with van der Waals surface area (Å²) in [5.74, 6) is 0. The topological polar surface area (TPSA) is 26.0 Å². The summed E-state index contributed by atoms with van der Waals surface area (Å²) < 4.78 is 0. The lowest BCUT2D eigenvalue weighted by molar-refractivity contribution is 0.545. The molecule has 0 spiro atoms. The van der Waals surface area contributed by atoms with Crippen LogP contribution >= 0.6 is 0 Å². The van der Waals surface area contributed by atoms with Crippen LogP contribution in [0.15, 0.2) is 36.4 Å². The number of hydrogen-bond donors (Lipinski definition) is 1. The van der Waals surface area contributed by atoms with E-state index in [1.165, 1.54) is 0 Å². The zero-order valence-corrected chi connectivity index (χ0v) is 8.54.